The number of rotatable bonds is 7. The Labute approximate surface area is 131 Å². The van der Waals surface area contributed by atoms with E-state index >= 15 is 0 Å². The molecule has 2 N–H and O–H groups in total. The molecule has 130 valence electrons. The molecular weight excluding hydrogens is 318 g/mol. The van der Waals surface area contributed by atoms with Crippen molar-refractivity contribution in [3.05, 3.63) is 28.8 Å². The number of alkyl halides is 4. The fourth-order valence-corrected chi connectivity index (χ4v) is 2.19. The lowest BCUT2D eigenvalue weighted by atomic mass is 9.90. The van der Waals surface area contributed by atoms with Gasteiger partial charge in [-0.2, -0.15) is 0 Å². The number of hydrogen-bond acceptors (Lipinski definition) is 4. The van der Waals surface area contributed by atoms with Crippen LogP contribution in [0.2, 0.25) is 0 Å². The first-order valence-electron chi connectivity index (χ1n) is 6.94. The van der Waals surface area contributed by atoms with E-state index in [-0.39, 0.29) is 13.2 Å². The van der Waals surface area contributed by atoms with Crippen LogP contribution in [0.4, 0.5) is 23.2 Å². The summed E-state index contributed by atoms with van der Waals surface area (Å²) in [6.07, 6.45) is -7.28. The van der Waals surface area contributed by atoms with Crippen LogP contribution in [0.25, 0.3) is 0 Å². The van der Waals surface area contributed by atoms with Crippen LogP contribution in [0.5, 0.6) is 0 Å². The molecule has 0 atom stereocenters. The van der Waals surface area contributed by atoms with Crippen molar-refractivity contribution in [3.8, 4) is 0 Å². The maximum Gasteiger partial charge on any atom is 0.325 e. The zero-order valence-electron chi connectivity index (χ0n) is 13.0. The van der Waals surface area contributed by atoms with Crippen molar-refractivity contribution in [1.29, 1.82) is 0 Å². The first-order valence-corrected chi connectivity index (χ1v) is 6.94. The normalized spacial score (nSPS) is 11.9. The van der Waals surface area contributed by atoms with Crippen molar-refractivity contribution in [2.75, 3.05) is 18.5 Å². The maximum atomic E-state index is 12.9. The Kier molecular flexibility index (Phi) is 6.37. The first-order chi connectivity index (χ1) is 10.6. The lowest BCUT2D eigenvalue weighted by molar-refractivity contribution is -0.183. The first kappa shape index (κ1) is 19.2. The third-order valence-corrected chi connectivity index (χ3v) is 3.38. The molecule has 0 heterocycles. The highest BCUT2D eigenvalue weighted by Gasteiger charge is 2.49. The molecule has 0 radical (unpaired) electrons. The van der Waals surface area contributed by atoms with E-state index in [0.29, 0.717) is 16.8 Å². The summed E-state index contributed by atoms with van der Waals surface area (Å²) >= 11 is 0. The van der Waals surface area contributed by atoms with Gasteiger partial charge in [-0.3, -0.25) is 4.79 Å². The van der Waals surface area contributed by atoms with Crippen molar-refractivity contribution in [2.45, 2.75) is 39.2 Å². The predicted octanol–water partition coefficient (Wildman–Crippen LogP) is 3.00. The molecule has 0 saturated carbocycles. The molecule has 23 heavy (non-hydrogen) atoms. The van der Waals surface area contributed by atoms with E-state index in [1.165, 1.54) is 13.8 Å². The quantitative estimate of drug-likeness (QED) is 0.593. The summed E-state index contributed by atoms with van der Waals surface area (Å²) in [4.78, 5) is 11.3. The van der Waals surface area contributed by atoms with Gasteiger partial charge in [-0.1, -0.05) is 12.1 Å². The van der Waals surface area contributed by atoms with E-state index in [0.717, 1.165) is 12.1 Å². The fraction of sp³-hybridized carbons (Fsp3) is 0.533. The summed E-state index contributed by atoms with van der Waals surface area (Å²) < 4.78 is 56.4. The number of anilines is 1. The molecule has 1 aromatic carbocycles. The third-order valence-electron chi connectivity index (χ3n) is 3.38. The molecule has 0 aromatic heterocycles. The highest BCUT2D eigenvalue weighted by molar-refractivity contribution is 5.76. The smallest absolute Gasteiger partial charge is 0.325 e. The molecule has 4 nitrogen and oxygen atoms in total. The number of ether oxygens (including phenoxy) is 1. The van der Waals surface area contributed by atoms with Crippen LogP contribution in [0, 0.1) is 13.8 Å². The molecule has 0 amide bonds. The largest absolute Gasteiger partial charge is 0.465 e. The van der Waals surface area contributed by atoms with Crippen molar-refractivity contribution >= 4 is 11.7 Å². The molecule has 0 spiro atoms. The van der Waals surface area contributed by atoms with Gasteiger partial charge in [-0.25, -0.2) is 17.6 Å². The second-order valence-electron chi connectivity index (χ2n) is 5.07. The molecule has 0 fully saturated rings. The topological polar surface area (TPSA) is 58.6 Å². The Morgan fingerprint density at radius 1 is 1.22 bits per heavy atom. The number of carbonyl (C=O) groups is 1. The SMILES string of the molecule is CCOC(=O)CNc1c(C)cc(C(O)(C(F)F)C(F)F)cc1C. The molecule has 0 bridgehead atoms. The molecular formula is C15H19F4NO3. The number of esters is 1. The monoisotopic (exact) mass is 337 g/mol. The maximum absolute atomic E-state index is 12.9. The van der Waals surface area contributed by atoms with E-state index in [2.05, 4.69) is 5.32 Å². The van der Waals surface area contributed by atoms with Crippen LogP contribution in [0.1, 0.15) is 23.6 Å². The molecule has 1 aromatic rings. The number of aliphatic hydroxyl groups is 1. The Bertz CT molecular complexity index is 533. The second-order valence-corrected chi connectivity index (χ2v) is 5.07. The lowest BCUT2D eigenvalue weighted by Crippen LogP contribution is -2.41. The summed E-state index contributed by atoms with van der Waals surface area (Å²) in [7, 11) is 0. The average molecular weight is 337 g/mol. The van der Waals surface area contributed by atoms with E-state index in [1.807, 2.05) is 0 Å². The Morgan fingerprint density at radius 3 is 2.09 bits per heavy atom. The molecule has 0 saturated heterocycles. The summed E-state index contributed by atoms with van der Waals surface area (Å²) in [5, 5.41) is 12.4. The molecule has 0 aliphatic carbocycles. The van der Waals surface area contributed by atoms with Gasteiger partial charge in [-0.15, -0.1) is 0 Å². The number of benzene rings is 1. The summed E-state index contributed by atoms with van der Waals surface area (Å²) in [6.45, 7) is 4.72. The molecule has 0 aliphatic rings. The number of nitrogens with one attached hydrogen (secondary N) is 1. The minimum atomic E-state index is -3.64. The van der Waals surface area contributed by atoms with Gasteiger partial charge in [0.2, 0.25) is 5.60 Å². The van der Waals surface area contributed by atoms with Crippen LogP contribution >= 0.6 is 0 Å². The van der Waals surface area contributed by atoms with E-state index in [1.54, 1.807) is 6.92 Å². The van der Waals surface area contributed by atoms with Gasteiger partial charge in [0, 0.05) is 5.69 Å². The molecule has 8 heteroatoms. The Hall–Kier alpha value is -1.83. The van der Waals surface area contributed by atoms with Crippen LogP contribution in [-0.4, -0.2) is 37.1 Å². The number of carbonyl (C=O) groups excluding carboxylic acids is 1. The Balaban J connectivity index is 3.12. The van der Waals surface area contributed by atoms with E-state index < -0.39 is 30.0 Å². The highest BCUT2D eigenvalue weighted by atomic mass is 19.3. The number of hydrogen-bond donors (Lipinski definition) is 2. The zero-order chi connectivity index (χ0) is 17.8. The van der Waals surface area contributed by atoms with Crippen LogP contribution < -0.4 is 5.32 Å². The third kappa shape index (κ3) is 4.13. The van der Waals surface area contributed by atoms with Crippen LogP contribution in [-0.2, 0) is 15.1 Å². The number of halogens is 4. The van der Waals surface area contributed by atoms with Gasteiger partial charge in [-0.05, 0) is 37.5 Å². The van der Waals surface area contributed by atoms with Gasteiger partial charge >= 0.3 is 5.97 Å². The highest BCUT2D eigenvalue weighted by Crippen LogP contribution is 2.37. The van der Waals surface area contributed by atoms with Crippen molar-refractivity contribution in [1.82, 2.24) is 0 Å². The van der Waals surface area contributed by atoms with Crippen LogP contribution in [0.15, 0.2) is 12.1 Å². The van der Waals surface area contributed by atoms with Gasteiger partial charge in [0.1, 0.15) is 6.54 Å². The summed E-state index contributed by atoms with van der Waals surface area (Å²) in [5.74, 6) is -0.507. The average Bonchev–Trinajstić information content (AvgIpc) is 2.44. The van der Waals surface area contributed by atoms with Gasteiger partial charge in [0.25, 0.3) is 12.9 Å². The van der Waals surface area contributed by atoms with Gasteiger partial charge in [0.15, 0.2) is 0 Å². The Morgan fingerprint density at radius 2 is 1.70 bits per heavy atom. The van der Waals surface area contributed by atoms with Gasteiger partial charge in [0.05, 0.1) is 6.61 Å². The predicted molar refractivity (Wildman–Crippen MR) is 76.9 cm³/mol. The summed E-state index contributed by atoms with van der Waals surface area (Å²) in [5.41, 5.74) is -2.96. The molecule has 0 aliphatic heterocycles. The van der Waals surface area contributed by atoms with E-state index in [4.69, 9.17) is 4.74 Å². The molecule has 1 rings (SSSR count). The standard InChI is InChI=1S/C15H19F4NO3/c1-4-23-11(21)7-20-12-8(2)5-10(6-9(12)3)15(22,13(16)17)14(18)19/h5-6,13-14,20,22H,4,7H2,1-3H3. The minimum absolute atomic E-state index is 0.150. The number of aryl methyl sites for hydroxylation is 2. The second kappa shape index (κ2) is 7.63. The van der Waals surface area contributed by atoms with Crippen molar-refractivity contribution in [3.63, 3.8) is 0 Å². The zero-order valence-corrected chi connectivity index (χ0v) is 13.0. The summed E-state index contributed by atoms with van der Waals surface area (Å²) in [6, 6.07) is 2.11. The fourth-order valence-electron chi connectivity index (χ4n) is 2.19. The van der Waals surface area contributed by atoms with Crippen LogP contribution in [0.3, 0.4) is 0 Å². The van der Waals surface area contributed by atoms with Crippen molar-refractivity contribution in [2.24, 2.45) is 0 Å². The minimum Gasteiger partial charge on any atom is -0.465 e. The van der Waals surface area contributed by atoms with Gasteiger partial charge < -0.3 is 15.2 Å². The lowest BCUT2D eigenvalue weighted by Gasteiger charge is -2.28. The van der Waals surface area contributed by atoms with Crippen molar-refractivity contribution < 1.29 is 32.2 Å². The van der Waals surface area contributed by atoms with E-state index in [9.17, 15) is 27.5 Å². The molecule has 0 unspecified atom stereocenters.